The summed E-state index contributed by atoms with van der Waals surface area (Å²) in [5.74, 6) is -0.932. The van der Waals surface area contributed by atoms with E-state index in [1.54, 1.807) is 30.3 Å². The zero-order chi connectivity index (χ0) is 12.5. The van der Waals surface area contributed by atoms with Gasteiger partial charge in [0.25, 0.3) is 0 Å². The van der Waals surface area contributed by atoms with Crippen LogP contribution in [0.25, 0.3) is 11.1 Å². The molecule has 0 saturated heterocycles. The lowest BCUT2D eigenvalue weighted by Crippen LogP contribution is -2.08. The number of halogens is 4. The van der Waals surface area contributed by atoms with Gasteiger partial charge in [-0.2, -0.15) is 13.2 Å². The summed E-state index contributed by atoms with van der Waals surface area (Å²) in [6.45, 7) is 0. The first kappa shape index (κ1) is 11.6. The van der Waals surface area contributed by atoms with Crippen LogP contribution in [0.1, 0.15) is 5.69 Å². The topological polar surface area (TPSA) is 12.9 Å². The molecule has 0 radical (unpaired) electrons. The Bertz CT molecular complexity index is 520. The lowest BCUT2D eigenvalue weighted by molar-refractivity contribution is -0.141. The highest BCUT2D eigenvalue weighted by Gasteiger charge is 2.33. The van der Waals surface area contributed by atoms with E-state index in [2.05, 4.69) is 4.98 Å². The molecule has 0 atom stereocenters. The molecule has 0 aliphatic heterocycles. The molecule has 0 amide bonds. The normalized spacial score (nSPS) is 11.5. The van der Waals surface area contributed by atoms with Crippen LogP contribution in [0.3, 0.4) is 0 Å². The highest BCUT2D eigenvalue weighted by molar-refractivity contribution is 5.63. The zero-order valence-electron chi connectivity index (χ0n) is 8.50. The van der Waals surface area contributed by atoms with Crippen molar-refractivity contribution in [3.63, 3.8) is 0 Å². The van der Waals surface area contributed by atoms with Crippen molar-refractivity contribution in [3.8, 4) is 11.1 Å². The Balaban J connectivity index is 2.46. The number of pyridine rings is 1. The molecular formula is C12H7F4N. The van der Waals surface area contributed by atoms with E-state index in [1.165, 1.54) is 0 Å². The molecule has 2 rings (SSSR count). The van der Waals surface area contributed by atoms with Crippen LogP contribution in [0.5, 0.6) is 0 Å². The molecule has 2 aromatic rings. The first-order chi connectivity index (χ1) is 7.98. The fourth-order valence-electron chi connectivity index (χ4n) is 1.42. The van der Waals surface area contributed by atoms with Gasteiger partial charge in [-0.15, -0.1) is 0 Å². The third-order valence-corrected chi connectivity index (χ3v) is 2.23. The Morgan fingerprint density at radius 2 is 1.65 bits per heavy atom. The van der Waals surface area contributed by atoms with Crippen LogP contribution in [0.15, 0.2) is 42.6 Å². The van der Waals surface area contributed by atoms with Crippen molar-refractivity contribution in [2.45, 2.75) is 6.18 Å². The predicted molar refractivity (Wildman–Crippen MR) is 54.6 cm³/mol. The summed E-state index contributed by atoms with van der Waals surface area (Å²) in [5.41, 5.74) is -0.681. The Labute approximate surface area is 94.7 Å². The van der Waals surface area contributed by atoms with Crippen LogP contribution in [-0.2, 0) is 6.18 Å². The van der Waals surface area contributed by atoms with Crippen molar-refractivity contribution in [3.05, 3.63) is 54.1 Å². The average molecular weight is 241 g/mol. The fraction of sp³-hybridized carbons (Fsp3) is 0.0833. The van der Waals surface area contributed by atoms with E-state index in [0.717, 1.165) is 6.20 Å². The number of hydrogen-bond acceptors (Lipinski definition) is 1. The number of rotatable bonds is 1. The second-order valence-corrected chi connectivity index (χ2v) is 3.41. The Morgan fingerprint density at radius 3 is 2.18 bits per heavy atom. The van der Waals surface area contributed by atoms with Gasteiger partial charge in [0.1, 0.15) is 11.5 Å². The third kappa shape index (κ3) is 2.43. The molecule has 1 aromatic carbocycles. The summed E-state index contributed by atoms with van der Waals surface area (Å²) in [6, 6.07) is 8.70. The molecule has 1 nitrogen and oxygen atoms in total. The Morgan fingerprint density at radius 1 is 1.00 bits per heavy atom. The lowest BCUT2D eigenvalue weighted by Gasteiger charge is -2.08. The van der Waals surface area contributed by atoms with E-state index < -0.39 is 17.7 Å². The minimum Gasteiger partial charge on any atom is -0.251 e. The maximum absolute atomic E-state index is 13.5. The molecule has 0 N–H and O–H groups in total. The molecule has 5 heteroatoms. The third-order valence-electron chi connectivity index (χ3n) is 2.23. The Hall–Kier alpha value is -1.91. The first-order valence-corrected chi connectivity index (χ1v) is 4.76. The van der Waals surface area contributed by atoms with Crippen molar-refractivity contribution < 1.29 is 17.6 Å². The van der Waals surface area contributed by atoms with Gasteiger partial charge >= 0.3 is 6.18 Å². The molecular weight excluding hydrogens is 234 g/mol. The molecule has 0 fully saturated rings. The van der Waals surface area contributed by atoms with Crippen LogP contribution in [0.2, 0.25) is 0 Å². The quantitative estimate of drug-likeness (QED) is 0.690. The van der Waals surface area contributed by atoms with E-state index in [1.807, 2.05) is 0 Å². The van der Waals surface area contributed by atoms with E-state index in [9.17, 15) is 17.6 Å². The van der Waals surface area contributed by atoms with Crippen molar-refractivity contribution >= 4 is 0 Å². The number of nitrogens with zero attached hydrogens (tertiary/aromatic N) is 1. The van der Waals surface area contributed by atoms with E-state index in [4.69, 9.17) is 0 Å². The SMILES string of the molecule is Fc1cc(C(F)(F)F)ncc1-c1ccccc1. The maximum atomic E-state index is 13.5. The molecule has 17 heavy (non-hydrogen) atoms. The minimum atomic E-state index is -4.63. The molecule has 0 saturated carbocycles. The van der Waals surface area contributed by atoms with Gasteiger partial charge in [-0.05, 0) is 5.56 Å². The van der Waals surface area contributed by atoms with Crippen molar-refractivity contribution in [2.75, 3.05) is 0 Å². The van der Waals surface area contributed by atoms with Crippen molar-refractivity contribution in [1.82, 2.24) is 4.98 Å². The second kappa shape index (κ2) is 4.16. The van der Waals surface area contributed by atoms with E-state index in [-0.39, 0.29) is 5.56 Å². The second-order valence-electron chi connectivity index (χ2n) is 3.41. The molecule has 0 aliphatic rings. The van der Waals surface area contributed by atoms with Gasteiger partial charge in [0.2, 0.25) is 0 Å². The summed E-state index contributed by atoms with van der Waals surface area (Å²) >= 11 is 0. The van der Waals surface area contributed by atoms with Crippen LogP contribution >= 0.6 is 0 Å². The van der Waals surface area contributed by atoms with Gasteiger partial charge in [0, 0.05) is 17.8 Å². The summed E-state index contributed by atoms with van der Waals surface area (Å²) in [4.78, 5) is 3.22. The number of alkyl halides is 3. The van der Waals surface area contributed by atoms with E-state index >= 15 is 0 Å². The maximum Gasteiger partial charge on any atom is 0.433 e. The van der Waals surface area contributed by atoms with Gasteiger partial charge in [-0.3, -0.25) is 4.98 Å². The fourth-order valence-corrected chi connectivity index (χ4v) is 1.42. The van der Waals surface area contributed by atoms with E-state index in [0.29, 0.717) is 11.6 Å². The summed E-state index contributed by atoms with van der Waals surface area (Å²) in [5, 5.41) is 0. The molecule has 1 heterocycles. The van der Waals surface area contributed by atoms with Gasteiger partial charge in [0.15, 0.2) is 0 Å². The van der Waals surface area contributed by atoms with Gasteiger partial charge in [0.05, 0.1) is 0 Å². The molecule has 0 bridgehead atoms. The van der Waals surface area contributed by atoms with Crippen LogP contribution in [0.4, 0.5) is 17.6 Å². The van der Waals surface area contributed by atoms with Crippen LogP contribution in [0, 0.1) is 5.82 Å². The average Bonchev–Trinajstić information content (AvgIpc) is 2.29. The molecule has 0 spiro atoms. The molecule has 1 aromatic heterocycles. The van der Waals surface area contributed by atoms with Crippen molar-refractivity contribution in [1.29, 1.82) is 0 Å². The molecule has 88 valence electrons. The largest absolute Gasteiger partial charge is 0.433 e. The smallest absolute Gasteiger partial charge is 0.251 e. The zero-order valence-corrected chi connectivity index (χ0v) is 8.50. The number of benzene rings is 1. The Kier molecular flexibility index (Phi) is 2.83. The summed E-state index contributed by atoms with van der Waals surface area (Å²) < 4.78 is 50.3. The summed E-state index contributed by atoms with van der Waals surface area (Å²) in [7, 11) is 0. The van der Waals surface area contributed by atoms with Gasteiger partial charge in [-0.25, -0.2) is 4.39 Å². The standard InChI is InChI=1S/C12H7F4N/c13-10-6-11(12(14,15)16)17-7-9(10)8-4-2-1-3-5-8/h1-7H. The monoisotopic (exact) mass is 241 g/mol. The highest BCUT2D eigenvalue weighted by Crippen LogP contribution is 2.30. The van der Waals surface area contributed by atoms with Crippen LogP contribution in [-0.4, -0.2) is 4.98 Å². The first-order valence-electron chi connectivity index (χ1n) is 4.76. The molecule has 0 aliphatic carbocycles. The van der Waals surface area contributed by atoms with Crippen LogP contribution < -0.4 is 0 Å². The predicted octanol–water partition coefficient (Wildman–Crippen LogP) is 3.91. The lowest BCUT2D eigenvalue weighted by atomic mass is 10.1. The molecule has 0 unspecified atom stereocenters. The minimum absolute atomic E-state index is 0.0543. The van der Waals surface area contributed by atoms with Gasteiger partial charge < -0.3 is 0 Å². The highest BCUT2D eigenvalue weighted by atomic mass is 19.4. The number of hydrogen-bond donors (Lipinski definition) is 0. The van der Waals surface area contributed by atoms with Gasteiger partial charge in [-0.1, -0.05) is 30.3 Å². The summed E-state index contributed by atoms with van der Waals surface area (Å²) in [6.07, 6.45) is -3.73. The van der Waals surface area contributed by atoms with Crippen molar-refractivity contribution in [2.24, 2.45) is 0 Å². The number of aromatic nitrogens is 1.